The van der Waals surface area contributed by atoms with Crippen molar-refractivity contribution in [3.8, 4) is 0 Å². The highest BCUT2D eigenvalue weighted by Crippen LogP contribution is 2.21. The molecule has 1 N–H and O–H groups in total. The fourth-order valence-electron chi connectivity index (χ4n) is 2.40. The van der Waals surface area contributed by atoms with Gasteiger partial charge in [-0.3, -0.25) is 0 Å². The van der Waals surface area contributed by atoms with Crippen molar-refractivity contribution in [1.29, 1.82) is 0 Å². The first kappa shape index (κ1) is 15.0. The maximum absolute atomic E-state index is 5.76. The van der Waals surface area contributed by atoms with Crippen LogP contribution in [0.15, 0.2) is 6.07 Å². The number of nitrogens with zero attached hydrogens (tertiary/aromatic N) is 3. The number of nitrogens with one attached hydrogen (secondary N) is 1. The molecule has 0 aliphatic carbocycles. The molecule has 2 atom stereocenters. The van der Waals surface area contributed by atoms with Crippen LogP contribution in [0.4, 0.5) is 11.6 Å². The highest BCUT2D eigenvalue weighted by molar-refractivity contribution is 5.49. The van der Waals surface area contributed by atoms with E-state index in [0.717, 1.165) is 24.7 Å². The summed E-state index contributed by atoms with van der Waals surface area (Å²) in [7, 11) is 1.86. The maximum atomic E-state index is 5.76. The third kappa shape index (κ3) is 3.80. The summed E-state index contributed by atoms with van der Waals surface area (Å²) in [6.07, 6.45) is 0.421. The maximum Gasteiger partial charge on any atom is 0.158 e. The van der Waals surface area contributed by atoms with Crippen molar-refractivity contribution in [2.45, 2.75) is 39.6 Å². The zero-order valence-electron chi connectivity index (χ0n) is 12.7. The molecule has 0 saturated carbocycles. The summed E-state index contributed by atoms with van der Waals surface area (Å²) in [6, 6.07) is 1.97. The van der Waals surface area contributed by atoms with Gasteiger partial charge < -0.3 is 19.7 Å². The van der Waals surface area contributed by atoms with Crippen LogP contribution in [0.3, 0.4) is 0 Å². The minimum atomic E-state index is 0.210. The van der Waals surface area contributed by atoms with Crippen LogP contribution in [0.1, 0.15) is 26.6 Å². The molecule has 112 valence electrons. The Balaban J connectivity index is 2.20. The molecule has 0 radical (unpaired) electrons. The SMILES string of the molecule is CCOCc1nc(NC)cc(N2CC(C)OC(C)C2)n1. The van der Waals surface area contributed by atoms with Gasteiger partial charge in [0.25, 0.3) is 0 Å². The molecular weight excluding hydrogens is 256 g/mol. The van der Waals surface area contributed by atoms with Gasteiger partial charge in [-0.25, -0.2) is 9.97 Å². The monoisotopic (exact) mass is 280 g/mol. The van der Waals surface area contributed by atoms with Crippen LogP contribution in [0.2, 0.25) is 0 Å². The summed E-state index contributed by atoms with van der Waals surface area (Å²) in [4.78, 5) is 11.3. The Bertz CT molecular complexity index is 431. The minimum Gasteiger partial charge on any atom is -0.374 e. The van der Waals surface area contributed by atoms with Gasteiger partial charge in [0, 0.05) is 32.8 Å². The lowest BCUT2D eigenvalue weighted by Gasteiger charge is -2.36. The van der Waals surface area contributed by atoms with Crippen LogP contribution < -0.4 is 10.2 Å². The predicted octanol–water partition coefficient (Wildman–Crippen LogP) is 1.67. The molecule has 2 rings (SSSR count). The van der Waals surface area contributed by atoms with Gasteiger partial charge in [0.15, 0.2) is 5.82 Å². The van der Waals surface area contributed by atoms with Gasteiger partial charge in [0.2, 0.25) is 0 Å². The second-order valence-corrected chi connectivity index (χ2v) is 5.08. The molecule has 1 aromatic rings. The smallest absolute Gasteiger partial charge is 0.158 e. The third-order valence-corrected chi connectivity index (χ3v) is 3.19. The van der Waals surface area contributed by atoms with E-state index in [1.54, 1.807) is 0 Å². The van der Waals surface area contributed by atoms with Crippen molar-refractivity contribution >= 4 is 11.6 Å². The number of morpholine rings is 1. The summed E-state index contributed by atoms with van der Waals surface area (Å²) >= 11 is 0. The van der Waals surface area contributed by atoms with E-state index in [-0.39, 0.29) is 12.2 Å². The predicted molar refractivity (Wildman–Crippen MR) is 79.1 cm³/mol. The molecule has 1 aliphatic rings. The number of anilines is 2. The minimum absolute atomic E-state index is 0.210. The van der Waals surface area contributed by atoms with Gasteiger partial charge in [-0.05, 0) is 20.8 Å². The Hall–Kier alpha value is -1.40. The van der Waals surface area contributed by atoms with E-state index in [1.165, 1.54) is 0 Å². The van der Waals surface area contributed by atoms with E-state index in [1.807, 2.05) is 20.0 Å². The summed E-state index contributed by atoms with van der Waals surface area (Å²) in [5.74, 6) is 2.46. The van der Waals surface area contributed by atoms with E-state index >= 15 is 0 Å². The Labute approximate surface area is 120 Å². The molecule has 1 aromatic heterocycles. The standard InChI is InChI=1S/C14H24N4O2/c1-5-19-9-13-16-12(15-4)6-14(17-13)18-7-10(2)20-11(3)8-18/h6,10-11H,5,7-9H2,1-4H3,(H,15,16,17). The van der Waals surface area contributed by atoms with Crippen molar-refractivity contribution in [2.75, 3.05) is 37.0 Å². The van der Waals surface area contributed by atoms with Gasteiger partial charge >= 0.3 is 0 Å². The summed E-state index contributed by atoms with van der Waals surface area (Å²) in [5, 5.41) is 3.08. The normalized spacial score (nSPS) is 22.9. The highest BCUT2D eigenvalue weighted by Gasteiger charge is 2.23. The van der Waals surface area contributed by atoms with Crippen molar-refractivity contribution in [1.82, 2.24) is 9.97 Å². The molecule has 1 saturated heterocycles. The van der Waals surface area contributed by atoms with Crippen LogP contribution in [-0.2, 0) is 16.1 Å². The second kappa shape index (κ2) is 6.85. The number of ether oxygens (including phenoxy) is 2. The van der Waals surface area contributed by atoms with Crippen molar-refractivity contribution < 1.29 is 9.47 Å². The molecule has 6 nitrogen and oxygen atoms in total. The third-order valence-electron chi connectivity index (χ3n) is 3.19. The quantitative estimate of drug-likeness (QED) is 0.885. The fraction of sp³-hybridized carbons (Fsp3) is 0.714. The highest BCUT2D eigenvalue weighted by atomic mass is 16.5. The van der Waals surface area contributed by atoms with Gasteiger partial charge in [-0.1, -0.05) is 0 Å². The number of rotatable bonds is 5. The van der Waals surface area contributed by atoms with Crippen LogP contribution in [0, 0.1) is 0 Å². The summed E-state index contributed by atoms with van der Waals surface area (Å²) in [6.45, 7) is 8.93. The number of aromatic nitrogens is 2. The largest absolute Gasteiger partial charge is 0.374 e. The molecule has 1 fully saturated rings. The number of hydrogen-bond donors (Lipinski definition) is 1. The fourth-order valence-corrected chi connectivity index (χ4v) is 2.40. The van der Waals surface area contributed by atoms with E-state index in [9.17, 15) is 0 Å². The average molecular weight is 280 g/mol. The van der Waals surface area contributed by atoms with Crippen LogP contribution in [0.25, 0.3) is 0 Å². The van der Waals surface area contributed by atoms with E-state index in [4.69, 9.17) is 9.47 Å². The van der Waals surface area contributed by atoms with E-state index < -0.39 is 0 Å². The number of hydrogen-bond acceptors (Lipinski definition) is 6. The van der Waals surface area contributed by atoms with Gasteiger partial charge in [0.05, 0.1) is 12.2 Å². The van der Waals surface area contributed by atoms with Crippen LogP contribution >= 0.6 is 0 Å². The van der Waals surface area contributed by atoms with Crippen LogP contribution in [0.5, 0.6) is 0 Å². The second-order valence-electron chi connectivity index (χ2n) is 5.08. The van der Waals surface area contributed by atoms with Crippen LogP contribution in [-0.4, -0.2) is 48.9 Å². The first-order chi connectivity index (χ1) is 9.62. The zero-order valence-corrected chi connectivity index (χ0v) is 12.7. The van der Waals surface area contributed by atoms with E-state index in [0.29, 0.717) is 19.0 Å². The Kier molecular flexibility index (Phi) is 5.14. The summed E-state index contributed by atoms with van der Waals surface area (Å²) in [5.41, 5.74) is 0. The Morgan fingerprint density at radius 1 is 1.35 bits per heavy atom. The zero-order chi connectivity index (χ0) is 14.5. The lowest BCUT2D eigenvalue weighted by atomic mass is 10.2. The molecule has 2 unspecified atom stereocenters. The summed E-state index contributed by atoms with van der Waals surface area (Å²) < 4.78 is 11.2. The van der Waals surface area contributed by atoms with Gasteiger partial charge in [0.1, 0.15) is 18.2 Å². The van der Waals surface area contributed by atoms with Crippen molar-refractivity contribution in [3.05, 3.63) is 11.9 Å². The molecular formula is C14H24N4O2. The molecule has 20 heavy (non-hydrogen) atoms. The van der Waals surface area contributed by atoms with Gasteiger partial charge in [-0.15, -0.1) is 0 Å². The molecule has 0 bridgehead atoms. The van der Waals surface area contributed by atoms with E-state index in [2.05, 4.69) is 34.0 Å². The molecule has 2 heterocycles. The Morgan fingerprint density at radius 3 is 2.65 bits per heavy atom. The molecule has 1 aliphatic heterocycles. The molecule has 6 heteroatoms. The lowest BCUT2D eigenvalue weighted by molar-refractivity contribution is -0.00549. The van der Waals surface area contributed by atoms with Crippen molar-refractivity contribution in [3.63, 3.8) is 0 Å². The average Bonchev–Trinajstić information content (AvgIpc) is 2.43. The van der Waals surface area contributed by atoms with Crippen molar-refractivity contribution in [2.24, 2.45) is 0 Å². The first-order valence-electron chi connectivity index (χ1n) is 7.16. The molecule has 0 aromatic carbocycles. The molecule has 0 spiro atoms. The molecule has 0 amide bonds. The van der Waals surface area contributed by atoms with Gasteiger partial charge in [-0.2, -0.15) is 0 Å². The first-order valence-corrected chi connectivity index (χ1v) is 7.16. The topological polar surface area (TPSA) is 59.5 Å². The lowest BCUT2D eigenvalue weighted by Crippen LogP contribution is -2.46. The Morgan fingerprint density at radius 2 is 2.05 bits per heavy atom.